The van der Waals surface area contributed by atoms with Gasteiger partial charge in [-0.05, 0) is 44.6 Å². The Bertz CT molecular complexity index is 530. The Labute approximate surface area is 129 Å². The van der Waals surface area contributed by atoms with Crippen molar-refractivity contribution in [1.82, 2.24) is 0 Å². The molecule has 1 unspecified atom stereocenters. The molecule has 0 bridgehead atoms. The van der Waals surface area contributed by atoms with Crippen LogP contribution in [0.1, 0.15) is 38.2 Å². The van der Waals surface area contributed by atoms with E-state index in [-0.39, 0.29) is 30.8 Å². The quantitative estimate of drug-likeness (QED) is 0.787. The van der Waals surface area contributed by atoms with E-state index in [0.29, 0.717) is 6.42 Å². The fourth-order valence-corrected chi connectivity index (χ4v) is 2.68. The molecule has 4 nitrogen and oxygen atoms in total. The molecule has 1 aromatic rings. The van der Waals surface area contributed by atoms with E-state index in [1.165, 1.54) is 5.56 Å². The summed E-state index contributed by atoms with van der Waals surface area (Å²) in [5.41, 5.74) is 4.13. The summed E-state index contributed by atoms with van der Waals surface area (Å²) in [5, 5.41) is 0. The van der Waals surface area contributed by atoms with Gasteiger partial charge in [-0.25, -0.2) is 4.39 Å². The number of esters is 1. The number of cyclic esters (lactones) is 1. The number of amides is 1. The molecule has 0 radical (unpaired) electrons. The minimum absolute atomic E-state index is 0.0481. The summed E-state index contributed by atoms with van der Waals surface area (Å²) in [6, 6.07) is 9.99. The van der Waals surface area contributed by atoms with E-state index in [1.807, 2.05) is 30.3 Å². The molecule has 1 saturated heterocycles. The Morgan fingerprint density at radius 3 is 2.68 bits per heavy atom. The second-order valence-corrected chi connectivity index (χ2v) is 6.12. The Morgan fingerprint density at radius 1 is 1.36 bits per heavy atom. The Kier molecular flexibility index (Phi) is 5.16. The van der Waals surface area contributed by atoms with E-state index in [0.717, 1.165) is 19.8 Å². The number of hydrogen-bond acceptors (Lipinski definition) is 3. The average molecular weight is 307 g/mol. The number of primary amides is 1. The van der Waals surface area contributed by atoms with Crippen molar-refractivity contribution in [3.8, 4) is 0 Å². The number of halogens is 1. The van der Waals surface area contributed by atoms with Gasteiger partial charge in [0.05, 0.1) is 5.92 Å². The minimum Gasteiger partial charge on any atom is -0.462 e. The zero-order valence-corrected chi connectivity index (χ0v) is 12.8. The summed E-state index contributed by atoms with van der Waals surface area (Å²) in [4.78, 5) is 22.8. The number of ether oxygens (including phenoxy) is 1. The number of alkyl halides is 1. The number of carbonyl (C=O) groups is 2. The van der Waals surface area contributed by atoms with Crippen LogP contribution in [-0.2, 0) is 20.7 Å². The fraction of sp³-hybridized carbons (Fsp3) is 0.529. The van der Waals surface area contributed by atoms with Gasteiger partial charge in [0.15, 0.2) is 5.67 Å². The van der Waals surface area contributed by atoms with Gasteiger partial charge in [0.1, 0.15) is 6.10 Å². The molecule has 1 aliphatic rings. The lowest BCUT2D eigenvalue weighted by Crippen LogP contribution is -2.37. The van der Waals surface area contributed by atoms with Crippen molar-refractivity contribution in [3.05, 3.63) is 35.9 Å². The smallest absolute Gasteiger partial charge is 0.309 e. The van der Waals surface area contributed by atoms with E-state index in [2.05, 4.69) is 0 Å². The van der Waals surface area contributed by atoms with E-state index in [1.54, 1.807) is 0 Å². The number of hydrogen-bond donors (Lipinski definition) is 1. The monoisotopic (exact) mass is 307 g/mol. The molecule has 0 aromatic heterocycles. The van der Waals surface area contributed by atoms with Crippen LogP contribution in [0.4, 0.5) is 4.39 Å². The van der Waals surface area contributed by atoms with Crippen LogP contribution in [-0.4, -0.2) is 23.6 Å². The number of nitrogens with two attached hydrogens (primary N) is 1. The third-order valence-electron chi connectivity index (χ3n) is 4.24. The third-order valence-corrected chi connectivity index (χ3v) is 4.24. The zero-order chi connectivity index (χ0) is 16.2. The van der Waals surface area contributed by atoms with Crippen molar-refractivity contribution in [3.63, 3.8) is 0 Å². The van der Waals surface area contributed by atoms with Gasteiger partial charge in [0.2, 0.25) is 0 Å². The van der Waals surface area contributed by atoms with Crippen LogP contribution in [0.5, 0.6) is 0 Å². The molecule has 120 valence electrons. The molecule has 2 rings (SSSR count). The van der Waals surface area contributed by atoms with E-state index in [4.69, 9.17) is 10.5 Å². The van der Waals surface area contributed by atoms with Crippen LogP contribution < -0.4 is 5.73 Å². The zero-order valence-electron chi connectivity index (χ0n) is 12.8. The highest BCUT2D eigenvalue weighted by Crippen LogP contribution is 2.30. The van der Waals surface area contributed by atoms with Crippen molar-refractivity contribution in [2.45, 2.75) is 50.8 Å². The lowest BCUT2D eigenvalue weighted by Gasteiger charge is -2.16. The second kappa shape index (κ2) is 6.90. The van der Waals surface area contributed by atoms with E-state index < -0.39 is 11.6 Å². The molecule has 1 amide bonds. The number of carbonyl (C=O) groups excluding carboxylic acids is 2. The number of aryl methyl sites for hydroxylation is 1. The van der Waals surface area contributed by atoms with Gasteiger partial charge in [0, 0.05) is 0 Å². The first-order valence-corrected chi connectivity index (χ1v) is 7.62. The van der Waals surface area contributed by atoms with Gasteiger partial charge < -0.3 is 10.5 Å². The summed E-state index contributed by atoms with van der Waals surface area (Å²) in [5.74, 6) is -1.62. The summed E-state index contributed by atoms with van der Waals surface area (Å²) >= 11 is 0. The predicted molar refractivity (Wildman–Crippen MR) is 80.7 cm³/mol. The molecule has 2 N–H and O–H groups in total. The first-order valence-electron chi connectivity index (χ1n) is 7.62. The normalized spacial score (nSPS) is 23.8. The van der Waals surface area contributed by atoms with Crippen LogP contribution in [0.15, 0.2) is 30.3 Å². The van der Waals surface area contributed by atoms with E-state index >= 15 is 0 Å². The highest BCUT2D eigenvalue weighted by atomic mass is 19.1. The predicted octanol–water partition coefficient (Wildman–Crippen LogP) is 2.54. The van der Waals surface area contributed by atoms with Gasteiger partial charge >= 0.3 is 5.97 Å². The van der Waals surface area contributed by atoms with Crippen molar-refractivity contribution in [2.24, 2.45) is 11.7 Å². The maximum atomic E-state index is 13.8. The summed E-state index contributed by atoms with van der Waals surface area (Å²) in [7, 11) is 0. The van der Waals surface area contributed by atoms with Gasteiger partial charge in [0.25, 0.3) is 5.91 Å². The van der Waals surface area contributed by atoms with Gasteiger partial charge in [-0.3, -0.25) is 9.59 Å². The molecule has 1 aromatic carbocycles. The molecule has 0 spiro atoms. The van der Waals surface area contributed by atoms with Crippen molar-refractivity contribution in [1.29, 1.82) is 0 Å². The SMILES string of the molecule is CC(F)(CC[C@@H]1C[C@H](CCc2ccccc2)OC1=O)C(N)=O. The molecule has 1 aliphatic heterocycles. The molecular formula is C17H22FNO3. The first-order chi connectivity index (χ1) is 10.4. The van der Waals surface area contributed by atoms with Crippen LogP contribution in [0.2, 0.25) is 0 Å². The molecule has 1 heterocycles. The van der Waals surface area contributed by atoms with Gasteiger partial charge in [-0.15, -0.1) is 0 Å². The van der Waals surface area contributed by atoms with Crippen molar-refractivity contribution >= 4 is 11.9 Å². The van der Waals surface area contributed by atoms with Crippen LogP contribution >= 0.6 is 0 Å². The Balaban J connectivity index is 1.79. The minimum atomic E-state index is -2.07. The van der Waals surface area contributed by atoms with Gasteiger partial charge in [-0.2, -0.15) is 0 Å². The fourth-order valence-electron chi connectivity index (χ4n) is 2.68. The second-order valence-electron chi connectivity index (χ2n) is 6.12. The summed E-state index contributed by atoms with van der Waals surface area (Å²) in [6.45, 7) is 1.16. The van der Waals surface area contributed by atoms with Crippen LogP contribution in [0.3, 0.4) is 0 Å². The highest BCUT2D eigenvalue weighted by molar-refractivity contribution is 5.83. The molecule has 5 heteroatoms. The Morgan fingerprint density at radius 2 is 2.05 bits per heavy atom. The maximum Gasteiger partial charge on any atom is 0.309 e. The molecule has 3 atom stereocenters. The Hall–Kier alpha value is -1.91. The molecule has 22 heavy (non-hydrogen) atoms. The molecule has 0 saturated carbocycles. The van der Waals surface area contributed by atoms with Gasteiger partial charge in [-0.1, -0.05) is 30.3 Å². The average Bonchev–Trinajstić information content (AvgIpc) is 2.84. The largest absolute Gasteiger partial charge is 0.462 e. The summed E-state index contributed by atoms with van der Waals surface area (Å²) < 4.78 is 19.2. The molecule has 0 aliphatic carbocycles. The van der Waals surface area contributed by atoms with Crippen molar-refractivity contribution in [2.75, 3.05) is 0 Å². The summed E-state index contributed by atoms with van der Waals surface area (Å²) in [6.07, 6.45) is 2.30. The number of benzene rings is 1. The highest BCUT2D eigenvalue weighted by Gasteiger charge is 2.37. The maximum absolute atomic E-state index is 13.8. The number of rotatable bonds is 7. The van der Waals surface area contributed by atoms with Crippen LogP contribution in [0, 0.1) is 5.92 Å². The standard InChI is InChI=1S/C17H22FNO3/c1-17(18,16(19)21)10-9-13-11-14(22-15(13)20)8-7-12-5-3-2-4-6-12/h2-6,13-14H,7-11H2,1H3,(H2,19,21)/t13-,14+,17?/m1/s1. The van der Waals surface area contributed by atoms with Crippen LogP contribution in [0.25, 0.3) is 0 Å². The lowest BCUT2D eigenvalue weighted by atomic mass is 9.91. The topological polar surface area (TPSA) is 69.4 Å². The van der Waals surface area contributed by atoms with E-state index in [9.17, 15) is 14.0 Å². The first kappa shape index (κ1) is 16.5. The lowest BCUT2D eigenvalue weighted by molar-refractivity contribution is -0.145. The molecular weight excluding hydrogens is 285 g/mol. The van der Waals surface area contributed by atoms with Crippen molar-refractivity contribution < 1.29 is 18.7 Å². The molecule has 1 fully saturated rings. The third kappa shape index (κ3) is 4.29.